The van der Waals surface area contributed by atoms with Crippen molar-refractivity contribution in [2.24, 2.45) is 0 Å². The van der Waals surface area contributed by atoms with Gasteiger partial charge in [-0.05, 0) is 42.3 Å². The average Bonchev–Trinajstić information content (AvgIpc) is 2.51. The average molecular weight is 340 g/mol. The Hall–Kier alpha value is -1.75. The SMILES string of the molecule is O=C(N[C@H](CO)Cc1ccc(O)cc1)c1ccc(Cl)c(Cl)c1. The molecule has 6 heteroatoms. The third-order valence-corrected chi connectivity index (χ3v) is 3.89. The molecule has 0 saturated carbocycles. The van der Waals surface area contributed by atoms with Crippen LogP contribution in [0.25, 0.3) is 0 Å². The van der Waals surface area contributed by atoms with E-state index in [-0.39, 0.29) is 18.3 Å². The Bertz CT molecular complexity index is 659. The predicted molar refractivity (Wildman–Crippen MR) is 86.6 cm³/mol. The Labute approximate surface area is 138 Å². The molecule has 3 N–H and O–H groups in total. The number of phenolic OH excluding ortho intramolecular Hbond substituents is 1. The maximum atomic E-state index is 12.2. The number of carbonyl (C=O) groups excluding carboxylic acids is 1. The van der Waals surface area contributed by atoms with E-state index < -0.39 is 6.04 Å². The summed E-state index contributed by atoms with van der Waals surface area (Å²) in [6, 6.07) is 10.8. The minimum absolute atomic E-state index is 0.171. The van der Waals surface area contributed by atoms with Gasteiger partial charge in [-0.3, -0.25) is 4.79 Å². The molecule has 4 nitrogen and oxygen atoms in total. The standard InChI is InChI=1S/C16H15Cl2NO3/c17-14-6-3-11(8-15(14)18)16(22)19-12(9-20)7-10-1-4-13(21)5-2-10/h1-6,8,12,20-21H,7,9H2,(H,19,22)/t12-/m0/s1. The van der Waals surface area contributed by atoms with E-state index in [1.807, 2.05) is 0 Å². The first kappa shape index (κ1) is 16.6. The first-order valence-corrected chi connectivity index (χ1v) is 7.40. The van der Waals surface area contributed by atoms with E-state index in [1.54, 1.807) is 36.4 Å². The van der Waals surface area contributed by atoms with Crippen molar-refractivity contribution < 1.29 is 15.0 Å². The third-order valence-electron chi connectivity index (χ3n) is 3.16. The van der Waals surface area contributed by atoms with Crippen LogP contribution in [0.3, 0.4) is 0 Å². The minimum atomic E-state index is -0.438. The van der Waals surface area contributed by atoms with Crippen LogP contribution >= 0.6 is 23.2 Å². The summed E-state index contributed by atoms with van der Waals surface area (Å²) in [6.45, 7) is -0.200. The number of carbonyl (C=O) groups is 1. The van der Waals surface area contributed by atoms with Gasteiger partial charge >= 0.3 is 0 Å². The highest BCUT2D eigenvalue weighted by molar-refractivity contribution is 6.42. The maximum absolute atomic E-state index is 12.2. The molecule has 0 fully saturated rings. The number of aliphatic hydroxyl groups is 1. The van der Waals surface area contributed by atoms with Gasteiger partial charge in [0.2, 0.25) is 0 Å². The van der Waals surface area contributed by atoms with Crippen molar-refractivity contribution >= 4 is 29.1 Å². The van der Waals surface area contributed by atoms with E-state index in [2.05, 4.69) is 5.32 Å². The third kappa shape index (κ3) is 4.37. The van der Waals surface area contributed by atoms with E-state index in [4.69, 9.17) is 23.2 Å². The molecule has 2 aromatic rings. The summed E-state index contributed by atoms with van der Waals surface area (Å²) in [5, 5.41) is 22.1. The van der Waals surface area contributed by atoms with Gasteiger partial charge in [-0.15, -0.1) is 0 Å². The van der Waals surface area contributed by atoms with Gasteiger partial charge in [-0.25, -0.2) is 0 Å². The summed E-state index contributed by atoms with van der Waals surface area (Å²) in [6.07, 6.45) is 0.448. The number of hydrogen-bond donors (Lipinski definition) is 3. The molecule has 0 saturated heterocycles. The number of aromatic hydroxyl groups is 1. The number of hydrogen-bond acceptors (Lipinski definition) is 3. The molecule has 116 valence electrons. The van der Waals surface area contributed by atoms with Gasteiger partial charge in [0, 0.05) is 5.56 Å². The maximum Gasteiger partial charge on any atom is 0.251 e. The van der Waals surface area contributed by atoms with Crippen LogP contribution in [0.4, 0.5) is 0 Å². The molecular formula is C16H15Cl2NO3. The number of phenols is 1. The molecule has 22 heavy (non-hydrogen) atoms. The van der Waals surface area contributed by atoms with Crippen molar-refractivity contribution in [3.8, 4) is 5.75 Å². The first-order chi connectivity index (χ1) is 10.5. The van der Waals surface area contributed by atoms with E-state index in [1.165, 1.54) is 6.07 Å². The van der Waals surface area contributed by atoms with Crippen LogP contribution in [-0.2, 0) is 6.42 Å². The van der Waals surface area contributed by atoms with Crippen molar-refractivity contribution in [2.45, 2.75) is 12.5 Å². The van der Waals surface area contributed by atoms with Crippen LogP contribution in [0.5, 0.6) is 5.75 Å². The van der Waals surface area contributed by atoms with Crippen LogP contribution < -0.4 is 5.32 Å². The van der Waals surface area contributed by atoms with Gasteiger partial charge in [0.15, 0.2) is 0 Å². The van der Waals surface area contributed by atoms with E-state index in [0.717, 1.165) is 5.56 Å². The summed E-state index contributed by atoms with van der Waals surface area (Å²) in [5.74, 6) is -0.166. The molecule has 0 spiro atoms. The molecule has 0 unspecified atom stereocenters. The van der Waals surface area contributed by atoms with E-state index in [9.17, 15) is 15.0 Å². The highest BCUT2D eigenvalue weighted by Gasteiger charge is 2.14. The normalized spacial score (nSPS) is 12.0. The highest BCUT2D eigenvalue weighted by Crippen LogP contribution is 2.22. The fourth-order valence-corrected chi connectivity index (χ4v) is 2.28. The Morgan fingerprint density at radius 3 is 2.36 bits per heavy atom. The Balaban J connectivity index is 2.04. The van der Waals surface area contributed by atoms with Gasteiger partial charge in [0.1, 0.15) is 5.75 Å². The van der Waals surface area contributed by atoms with Crippen molar-refractivity contribution in [1.82, 2.24) is 5.32 Å². The highest BCUT2D eigenvalue weighted by atomic mass is 35.5. The number of rotatable bonds is 5. The fourth-order valence-electron chi connectivity index (χ4n) is 1.98. The lowest BCUT2D eigenvalue weighted by molar-refractivity contribution is 0.0916. The molecule has 1 atom stereocenters. The van der Waals surface area contributed by atoms with Gasteiger partial charge in [-0.1, -0.05) is 35.3 Å². The van der Waals surface area contributed by atoms with Crippen LogP contribution in [0, 0.1) is 0 Å². The molecule has 0 aliphatic carbocycles. The number of benzene rings is 2. The van der Waals surface area contributed by atoms with Crippen LogP contribution in [0.1, 0.15) is 15.9 Å². The molecule has 2 rings (SSSR count). The molecule has 0 heterocycles. The van der Waals surface area contributed by atoms with Gasteiger partial charge < -0.3 is 15.5 Å². The second kappa shape index (κ2) is 7.49. The summed E-state index contributed by atoms with van der Waals surface area (Å²) in [7, 11) is 0. The Kier molecular flexibility index (Phi) is 5.66. The lowest BCUT2D eigenvalue weighted by Gasteiger charge is -2.16. The Morgan fingerprint density at radius 1 is 1.09 bits per heavy atom. The monoisotopic (exact) mass is 339 g/mol. The summed E-state index contributed by atoms with van der Waals surface area (Å²) >= 11 is 11.7. The lowest BCUT2D eigenvalue weighted by atomic mass is 10.1. The van der Waals surface area contributed by atoms with Gasteiger partial charge in [-0.2, -0.15) is 0 Å². The zero-order valence-electron chi connectivity index (χ0n) is 11.6. The molecule has 0 aromatic heterocycles. The summed E-state index contributed by atoms with van der Waals surface area (Å²) in [4.78, 5) is 12.2. The minimum Gasteiger partial charge on any atom is -0.508 e. The number of halogens is 2. The molecule has 0 bridgehead atoms. The van der Waals surface area contributed by atoms with Crippen molar-refractivity contribution in [3.05, 3.63) is 63.6 Å². The molecule has 0 radical (unpaired) electrons. The Morgan fingerprint density at radius 2 is 1.77 bits per heavy atom. The molecular weight excluding hydrogens is 325 g/mol. The topological polar surface area (TPSA) is 69.6 Å². The largest absolute Gasteiger partial charge is 0.508 e. The molecule has 1 amide bonds. The first-order valence-electron chi connectivity index (χ1n) is 6.64. The zero-order chi connectivity index (χ0) is 16.1. The van der Waals surface area contributed by atoms with Crippen LogP contribution in [0.15, 0.2) is 42.5 Å². The lowest BCUT2D eigenvalue weighted by Crippen LogP contribution is -2.39. The fraction of sp³-hybridized carbons (Fsp3) is 0.188. The second-order valence-electron chi connectivity index (χ2n) is 4.85. The van der Waals surface area contributed by atoms with Gasteiger partial charge in [0.25, 0.3) is 5.91 Å². The van der Waals surface area contributed by atoms with Crippen LogP contribution in [-0.4, -0.2) is 28.8 Å². The quantitative estimate of drug-likeness (QED) is 0.784. The molecule has 2 aromatic carbocycles. The van der Waals surface area contributed by atoms with Crippen LogP contribution in [0.2, 0.25) is 10.0 Å². The molecule has 0 aliphatic heterocycles. The number of nitrogens with one attached hydrogen (secondary N) is 1. The second-order valence-corrected chi connectivity index (χ2v) is 5.67. The van der Waals surface area contributed by atoms with Gasteiger partial charge in [0.05, 0.1) is 22.7 Å². The number of amides is 1. The van der Waals surface area contributed by atoms with Crippen molar-refractivity contribution in [1.29, 1.82) is 0 Å². The summed E-state index contributed by atoms with van der Waals surface area (Å²) < 4.78 is 0. The van der Waals surface area contributed by atoms with Crippen molar-refractivity contribution in [3.63, 3.8) is 0 Å². The van der Waals surface area contributed by atoms with E-state index >= 15 is 0 Å². The molecule has 0 aliphatic rings. The van der Waals surface area contributed by atoms with E-state index in [0.29, 0.717) is 22.0 Å². The summed E-state index contributed by atoms with van der Waals surface area (Å²) in [5.41, 5.74) is 1.27. The zero-order valence-corrected chi connectivity index (χ0v) is 13.1. The van der Waals surface area contributed by atoms with Crippen molar-refractivity contribution in [2.75, 3.05) is 6.61 Å². The number of aliphatic hydroxyl groups excluding tert-OH is 1. The predicted octanol–water partition coefficient (Wildman–Crippen LogP) is 3.03. The smallest absolute Gasteiger partial charge is 0.251 e.